The van der Waals surface area contributed by atoms with Crippen molar-refractivity contribution in [3.8, 4) is 5.75 Å². The Balaban J connectivity index is 1.51. The molecule has 144 valence electrons. The van der Waals surface area contributed by atoms with Gasteiger partial charge in [-0.3, -0.25) is 0 Å². The molecule has 2 amide bonds. The molecule has 2 aromatic rings. The summed E-state index contributed by atoms with van der Waals surface area (Å²) in [6.45, 7) is 1.39. The summed E-state index contributed by atoms with van der Waals surface area (Å²) < 4.78 is 5.19. The minimum Gasteiger partial charge on any atom is -0.497 e. The van der Waals surface area contributed by atoms with Crippen LogP contribution in [0.3, 0.4) is 0 Å². The number of hydrogen-bond acceptors (Lipinski definition) is 6. The first-order valence-electron chi connectivity index (χ1n) is 9.01. The van der Waals surface area contributed by atoms with Crippen LogP contribution in [0.4, 0.5) is 22.1 Å². The molecule has 8 nitrogen and oxygen atoms in total. The number of ether oxygens (including phenoxy) is 1. The summed E-state index contributed by atoms with van der Waals surface area (Å²) in [5, 5.41) is 6.38. The van der Waals surface area contributed by atoms with Gasteiger partial charge in [-0.05, 0) is 25.0 Å². The van der Waals surface area contributed by atoms with Crippen LogP contribution in [-0.4, -0.2) is 61.2 Å². The molecule has 8 heteroatoms. The van der Waals surface area contributed by atoms with E-state index >= 15 is 0 Å². The first-order valence-corrected chi connectivity index (χ1v) is 9.01. The Kier molecular flexibility index (Phi) is 5.95. The molecule has 0 saturated carbocycles. The molecular weight excluding hydrogens is 344 g/mol. The molecule has 1 fully saturated rings. The Morgan fingerprint density at radius 3 is 2.70 bits per heavy atom. The Hall–Kier alpha value is -3.03. The van der Waals surface area contributed by atoms with Crippen molar-refractivity contribution in [3.05, 3.63) is 36.7 Å². The maximum absolute atomic E-state index is 12.5. The second-order valence-corrected chi connectivity index (χ2v) is 6.72. The molecule has 1 aliphatic rings. The highest BCUT2D eigenvalue weighted by Gasteiger charge is 2.23. The van der Waals surface area contributed by atoms with Gasteiger partial charge >= 0.3 is 6.03 Å². The van der Waals surface area contributed by atoms with Gasteiger partial charge in [0.25, 0.3) is 0 Å². The molecule has 0 aliphatic carbocycles. The number of carbonyl (C=O) groups is 1. The van der Waals surface area contributed by atoms with E-state index in [2.05, 4.69) is 20.6 Å². The topological polar surface area (TPSA) is 82.6 Å². The van der Waals surface area contributed by atoms with Gasteiger partial charge in [-0.1, -0.05) is 6.07 Å². The van der Waals surface area contributed by atoms with Crippen molar-refractivity contribution < 1.29 is 9.53 Å². The molecule has 3 rings (SSSR count). The fourth-order valence-electron chi connectivity index (χ4n) is 3.01. The number of rotatable bonds is 5. The van der Waals surface area contributed by atoms with E-state index in [0.717, 1.165) is 35.9 Å². The van der Waals surface area contributed by atoms with Crippen LogP contribution < -0.4 is 20.3 Å². The van der Waals surface area contributed by atoms with Crippen LogP contribution in [0.1, 0.15) is 12.8 Å². The molecule has 0 bridgehead atoms. The second-order valence-electron chi connectivity index (χ2n) is 6.72. The third-order valence-electron chi connectivity index (χ3n) is 4.57. The lowest BCUT2D eigenvalue weighted by Crippen LogP contribution is -2.44. The predicted octanol–water partition coefficient (Wildman–Crippen LogP) is 2.66. The summed E-state index contributed by atoms with van der Waals surface area (Å²) in [6, 6.07) is 9.50. The van der Waals surface area contributed by atoms with Crippen LogP contribution in [0.2, 0.25) is 0 Å². The summed E-state index contributed by atoms with van der Waals surface area (Å²) in [5.41, 5.74) is 0.733. The van der Waals surface area contributed by atoms with Gasteiger partial charge in [0.1, 0.15) is 23.7 Å². The first-order chi connectivity index (χ1) is 13.0. The Morgan fingerprint density at radius 1 is 1.22 bits per heavy atom. The van der Waals surface area contributed by atoms with E-state index in [0.29, 0.717) is 13.1 Å². The van der Waals surface area contributed by atoms with Crippen molar-refractivity contribution in [3.63, 3.8) is 0 Å². The lowest BCUT2D eigenvalue weighted by atomic mass is 10.1. The van der Waals surface area contributed by atoms with Gasteiger partial charge in [0.15, 0.2) is 0 Å². The second kappa shape index (κ2) is 8.57. The lowest BCUT2D eigenvalue weighted by Gasteiger charge is -2.32. The monoisotopic (exact) mass is 370 g/mol. The highest BCUT2D eigenvalue weighted by atomic mass is 16.5. The van der Waals surface area contributed by atoms with E-state index in [-0.39, 0.29) is 12.1 Å². The van der Waals surface area contributed by atoms with E-state index in [9.17, 15) is 4.79 Å². The smallest absolute Gasteiger partial charge is 0.321 e. The largest absolute Gasteiger partial charge is 0.497 e. The fourth-order valence-corrected chi connectivity index (χ4v) is 3.01. The normalized spacial score (nSPS) is 14.6. The number of nitrogens with zero attached hydrogens (tertiary/aromatic N) is 4. The molecule has 1 aromatic heterocycles. The van der Waals surface area contributed by atoms with E-state index in [1.165, 1.54) is 0 Å². The van der Waals surface area contributed by atoms with Crippen molar-refractivity contribution in [1.82, 2.24) is 14.9 Å². The summed E-state index contributed by atoms with van der Waals surface area (Å²) in [4.78, 5) is 24.8. The summed E-state index contributed by atoms with van der Waals surface area (Å²) in [5.74, 6) is 2.40. The standard InChI is InChI=1S/C19H26N6O2/c1-24(2)18-12-17(20-13-21-18)22-14-7-9-25(10-8-14)19(26)23-15-5-4-6-16(11-15)27-3/h4-6,11-14H,7-10H2,1-3H3,(H,23,26)(H,20,21,22). The molecule has 1 aromatic carbocycles. The molecule has 0 unspecified atom stereocenters. The Labute approximate surface area is 159 Å². The number of nitrogens with one attached hydrogen (secondary N) is 2. The molecule has 0 radical (unpaired) electrons. The number of aromatic nitrogens is 2. The minimum absolute atomic E-state index is 0.0846. The van der Waals surface area contributed by atoms with E-state index < -0.39 is 0 Å². The Bertz CT molecular complexity index is 774. The van der Waals surface area contributed by atoms with Crippen LogP contribution in [0.25, 0.3) is 0 Å². The summed E-state index contributed by atoms with van der Waals surface area (Å²) in [6.07, 6.45) is 3.30. The average Bonchev–Trinajstić information content (AvgIpc) is 2.69. The molecule has 0 atom stereocenters. The zero-order chi connectivity index (χ0) is 19.2. The van der Waals surface area contributed by atoms with Crippen molar-refractivity contribution in [2.24, 2.45) is 0 Å². The highest BCUT2D eigenvalue weighted by molar-refractivity contribution is 5.89. The number of urea groups is 1. The maximum Gasteiger partial charge on any atom is 0.321 e. The first kappa shape index (κ1) is 18.8. The summed E-state index contributed by atoms with van der Waals surface area (Å²) in [7, 11) is 5.51. The number of likely N-dealkylation sites (tertiary alicyclic amines) is 1. The van der Waals surface area contributed by atoms with Gasteiger partial charge in [-0.2, -0.15) is 0 Å². The SMILES string of the molecule is COc1cccc(NC(=O)N2CCC(Nc3cc(N(C)C)ncn3)CC2)c1. The molecule has 1 aliphatic heterocycles. The highest BCUT2D eigenvalue weighted by Crippen LogP contribution is 2.20. The molecule has 2 heterocycles. The van der Waals surface area contributed by atoms with Gasteiger partial charge in [-0.15, -0.1) is 0 Å². The van der Waals surface area contributed by atoms with Gasteiger partial charge in [0.05, 0.1) is 7.11 Å². The number of piperidine rings is 1. The maximum atomic E-state index is 12.5. The molecule has 27 heavy (non-hydrogen) atoms. The fraction of sp³-hybridized carbons (Fsp3) is 0.421. The third-order valence-corrected chi connectivity index (χ3v) is 4.57. The van der Waals surface area contributed by atoms with Crippen molar-refractivity contribution in [1.29, 1.82) is 0 Å². The van der Waals surface area contributed by atoms with Crippen molar-refractivity contribution >= 4 is 23.4 Å². The number of hydrogen-bond donors (Lipinski definition) is 2. The average molecular weight is 370 g/mol. The molecule has 0 spiro atoms. The van der Waals surface area contributed by atoms with Crippen molar-refractivity contribution in [2.75, 3.05) is 49.8 Å². The number of methoxy groups -OCH3 is 1. The van der Waals surface area contributed by atoms with Crippen LogP contribution in [0.15, 0.2) is 36.7 Å². The van der Waals surface area contributed by atoms with Crippen molar-refractivity contribution in [2.45, 2.75) is 18.9 Å². The van der Waals surface area contributed by atoms with Gasteiger partial charge in [0, 0.05) is 51.0 Å². The predicted molar refractivity (Wildman–Crippen MR) is 107 cm³/mol. The zero-order valence-electron chi connectivity index (χ0n) is 16.0. The number of amides is 2. The number of carbonyl (C=O) groups excluding carboxylic acids is 1. The summed E-state index contributed by atoms with van der Waals surface area (Å²) >= 11 is 0. The van der Waals surface area contributed by atoms with Gasteiger partial charge in [0.2, 0.25) is 0 Å². The molecular formula is C19H26N6O2. The molecule has 1 saturated heterocycles. The minimum atomic E-state index is -0.0846. The number of anilines is 3. The lowest BCUT2D eigenvalue weighted by molar-refractivity contribution is 0.197. The third kappa shape index (κ3) is 4.99. The van der Waals surface area contributed by atoms with Crippen LogP contribution >= 0.6 is 0 Å². The van der Waals surface area contributed by atoms with Crippen LogP contribution in [0, 0.1) is 0 Å². The quantitative estimate of drug-likeness (QED) is 0.842. The number of benzene rings is 1. The Morgan fingerprint density at radius 2 is 2.00 bits per heavy atom. The van der Waals surface area contributed by atoms with Gasteiger partial charge < -0.3 is 25.2 Å². The van der Waals surface area contributed by atoms with E-state index in [1.807, 2.05) is 54.2 Å². The van der Waals surface area contributed by atoms with E-state index in [4.69, 9.17) is 4.74 Å². The molecule has 2 N–H and O–H groups in total. The van der Waals surface area contributed by atoms with E-state index in [1.54, 1.807) is 13.4 Å². The van der Waals surface area contributed by atoms with Crippen LogP contribution in [-0.2, 0) is 0 Å². The van der Waals surface area contributed by atoms with Gasteiger partial charge in [-0.25, -0.2) is 14.8 Å². The van der Waals surface area contributed by atoms with Crippen LogP contribution in [0.5, 0.6) is 5.75 Å². The zero-order valence-corrected chi connectivity index (χ0v) is 16.0.